The summed E-state index contributed by atoms with van der Waals surface area (Å²) in [5.74, 6) is -0.127. The number of carbonyl (C=O) groups excluding carboxylic acids is 2. The summed E-state index contributed by atoms with van der Waals surface area (Å²) in [6.45, 7) is 4.74. The number of rotatable bonds is 50. The summed E-state index contributed by atoms with van der Waals surface area (Å²) < 4.78 is 5.40. The number of aliphatic hydroxyl groups excluding tert-OH is 2. The van der Waals surface area contributed by atoms with Crippen LogP contribution in [0.15, 0.2) is 60.8 Å². The number of esters is 1. The van der Waals surface area contributed by atoms with Crippen molar-refractivity contribution in [3.05, 3.63) is 60.8 Å². The Balaban J connectivity index is 3.49. The topological polar surface area (TPSA) is 95.9 Å². The number of aliphatic hydroxyl groups is 2. The third kappa shape index (κ3) is 49.0. The lowest BCUT2D eigenvalue weighted by Gasteiger charge is -2.20. The van der Waals surface area contributed by atoms with Crippen LogP contribution in [0.4, 0.5) is 0 Å². The Morgan fingerprint density at radius 2 is 0.781 bits per heavy atom. The molecule has 6 heteroatoms. The van der Waals surface area contributed by atoms with Crippen LogP contribution in [0.2, 0.25) is 0 Å². The fraction of sp³-hybridized carbons (Fsp3) is 0.793. The van der Waals surface area contributed by atoms with E-state index in [1.807, 2.05) is 6.08 Å². The fourth-order valence-electron chi connectivity index (χ4n) is 8.03. The van der Waals surface area contributed by atoms with Crippen molar-refractivity contribution in [2.45, 2.75) is 283 Å². The van der Waals surface area contributed by atoms with Crippen LogP contribution in [0.5, 0.6) is 0 Å². The van der Waals surface area contributed by atoms with Gasteiger partial charge in [-0.25, -0.2) is 0 Å². The number of ether oxygens (including phenoxy) is 1. The Hall–Kier alpha value is -2.44. The van der Waals surface area contributed by atoms with Crippen molar-refractivity contribution < 1.29 is 24.5 Å². The van der Waals surface area contributed by atoms with Gasteiger partial charge in [0.1, 0.15) is 0 Å². The molecular weight excluding hydrogens is 791 g/mol. The number of hydrogen-bond donors (Lipinski definition) is 3. The summed E-state index contributed by atoms with van der Waals surface area (Å²) in [4.78, 5) is 24.4. The lowest BCUT2D eigenvalue weighted by atomic mass is 10.0. The average Bonchev–Trinajstić information content (AvgIpc) is 3.29. The van der Waals surface area contributed by atoms with E-state index >= 15 is 0 Å². The first-order valence-corrected chi connectivity index (χ1v) is 27.6. The molecule has 0 aliphatic heterocycles. The van der Waals surface area contributed by atoms with E-state index in [2.05, 4.69) is 67.8 Å². The smallest absolute Gasteiger partial charge is 0.305 e. The SMILES string of the molecule is CCCCC/C=C\C/C=C\CCCCCCCC(=O)OCC/C=C\C/C=C\CCCCCCCCCCCCCCCCC(=O)NC(CO)C(O)/C=C/CCCCCCCCCCC. The first kappa shape index (κ1) is 61.6. The molecule has 0 heterocycles. The van der Waals surface area contributed by atoms with Gasteiger partial charge in [0.05, 0.1) is 25.4 Å². The maximum Gasteiger partial charge on any atom is 0.305 e. The van der Waals surface area contributed by atoms with Crippen LogP contribution >= 0.6 is 0 Å². The molecule has 0 fully saturated rings. The number of allylic oxidation sites excluding steroid dienone is 8. The minimum Gasteiger partial charge on any atom is -0.465 e. The van der Waals surface area contributed by atoms with Crippen molar-refractivity contribution in [1.82, 2.24) is 5.32 Å². The summed E-state index contributed by atoms with van der Waals surface area (Å²) in [7, 11) is 0. The highest BCUT2D eigenvalue weighted by molar-refractivity contribution is 5.76. The molecule has 6 nitrogen and oxygen atoms in total. The van der Waals surface area contributed by atoms with E-state index in [9.17, 15) is 19.8 Å². The molecule has 0 aromatic rings. The van der Waals surface area contributed by atoms with E-state index in [4.69, 9.17) is 4.74 Å². The van der Waals surface area contributed by atoms with E-state index in [1.54, 1.807) is 6.08 Å². The van der Waals surface area contributed by atoms with Gasteiger partial charge < -0.3 is 20.3 Å². The second-order valence-corrected chi connectivity index (χ2v) is 18.5. The minimum absolute atomic E-state index is 0.0510. The standard InChI is InChI=1S/C58H105NO5/c1-3-5-7-9-11-13-15-16-24-28-32-36-40-44-48-52-58(63)64-53-49-45-41-37-33-29-26-23-21-19-17-18-20-22-25-27-31-35-39-43-47-51-57(62)59-55(54-60)56(61)50-46-42-38-34-30-14-12-10-8-6-4-2/h11,13,16,24,29,33,41,45-46,50,55-56,60-61H,3-10,12,14-15,17-23,25-28,30-32,34-40,42-44,47-49,51-54H2,1-2H3,(H,59,62)/b13-11-,24-16-,33-29-,45-41-,50-46+. The van der Waals surface area contributed by atoms with Gasteiger partial charge in [0.2, 0.25) is 5.91 Å². The largest absolute Gasteiger partial charge is 0.465 e. The van der Waals surface area contributed by atoms with Crippen molar-refractivity contribution in [3.8, 4) is 0 Å². The van der Waals surface area contributed by atoms with Crippen molar-refractivity contribution in [1.29, 1.82) is 0 Å². The van der Waals surface area contributed by atoms with Gasteiger partial charge in [0, 0.05) is 12.8 Å². The van der Waals surface area contributed by atoms with E-state index in [0.29, 0.717) is 19.4 Å². The second-order valence-electron chi connectivity index (χ2n) is 18.5. The van der Waals surface area contributed by atoms with Gasteiger partial charge in [0.25, 0.3) is 0 Å². The molecule has 0 aromatic carbocycles. The van der Waals surface area contributed by atoms with Crippen LogP contribution < -0.4 is 5.32 Å². The highest BCUT2D eigenvalue weighted by Crippen LogP contribution is 2.15. The summed E-state index contributed by atoms with van der Waals surface area (Å²) in [6.07, 6.45) is 68.2. The molecule has 2 unspecified atom stereocenters. The molecule has 0 bridgehead atoms. The first-order valence-electron chi connectivity index (χ1n) is 27.6. The number of hydrogen-bond acceptors (Lipinski definition) is 5. The van der Waals surface area contributed by atoms with Crippen LogP contribution in [-0.2, 0) is 14.3 Å². The van der Waals surface area contributed by atoms with Crippen molar-refractivity contribution in [2.24, 2.45) is 0 Å². The zero-order valence-electron chi connectivity index (χ0n) is 42.2. The highest BCUT2D eigenvalue weighted by atomic mass is 16.5. The molecule has 0 radical (unpaired) electrons. The van der Waals surface area contributed by atoms with Gasteiger partial charge in [-0.15, -0.1) is 0 Å². The van der Waals surface area contributed by atoms with E-state index < -0.39 is 12.1 Å². The van der Waals surface area contributed by atoms with Crippen molar-refractivity contribution in [3.63, 3.8) is 0 Å². The molecule has 3 N–H and O–H groups in total. The Morgan fingerprint density at radius 3 is 1.22 bits per heavy atom. The van der Waals surface area contributed by atoms with Crippen LogP contribution in [0.25, 0.3) is 0 Å². The highest BCUT2D eigenvalue weighted by Gasteiger charge is 2.18. The molecule has 0 aromatic heterocycles. The molecule has 0 saturated heterocycles. The van der Waals surface area contributed by atoms with Gasteiger partial charge in [0.15, 0.2) is 0 Å². The van der Waals surface area contributed by atoms with Crippen LogP contribution in [0.1, 0.15) is 271 Å². The quantitative estimate of drug-likeness (QED) is 0.0321. The van der Waals surface area contributed by atoms with Crippen molar-refractivity contribution >= 4 is 11.9 Å². The zero-order chi connectivity index (χ0) is 46.5. The van der Waals surface area contributed by atoms with Crippen LogP contribution in [0, 0.1) is 0 Å². The Bertz CT molecular complexity index is 1130. The lowest BCUT2D eigenvalue weighted by molar-refractivity contribution is -0.143. The third-order valence-electron chi connectivity index (χ3n) is 12.3. The lowest BCUT2D eigenvalue weighted by Crippen LogP contribution is -2.45. The first-order chi connectivity index (χ1) is 31.5. The molecule has 2 atom stereocenters. The third-order valence-corrected chi connectivity index (χ3v) is 12.3. The Labute approximate surface area is 397 Å². The van der Waals surface area contributed by atoms with Crippen LogP contribution in [-0.4, -0.2) is 47.4 Å². The number of nitrogens with one attached hydrogen (secondary N) is 1. The summed E-state index contributed by atoms with van der Waals surface area (Å²) in [5.41, 5.74) is 0. The monoisotopic (exact) mass is 896 g/mol. The van der Waals surface area contributed by atoms with Crippen LogP contribution in [0.3, 0.4) is 0 Å². The van der Waals surface area contributed by atoms with Gasteiger partial charge in [-0.1, -0.05) is 235 Å². The molecule has 0 spiro atoms. The fourth-order valence-corrected chi connectivity index (χ4v) is 8.03. The second kappa shape index (κ2) is 53.2. The maximum atomic E-state index is 12.4. The molecule has 0 saturated carbocycles. The van der Waals surface area contributed by atoms with E-state index in [0.717, 1.165) is 64.2 Å². The Kier molecular flexibility index (Phi) is 51.2. The van der Waals surface area contributed by atoms with Gasteiger partial charge in [-0.2, -0.15) is 0 Å². The predicted molar refractivity (Wildman–Crippen MR) is 278 cm³/mol. The molecule has 1 amide bonds. The zero-order valence-corrected chi connectivity index (χ0v) is 42.2. The number of unbranched alkanes of at least 4 members (excludes halogenated alkanes) is 31. The average molecular weight is 896 g/mol. The molecular formula is C58H105NO5. The normalized spacial score (nSPS) is 13.1. The number of carbonyl (C=O) groups is 2. The Morgan fingerprint density at radius 1 is 0.438 bits per heavy atom. The molecule has 0 rings (SSSR count). The summed E-state index contributed by atoms with van der Waals surface area (Å²) in [5, 5.41) is 23.0. The summed E-state index contributed by atoms with van der Waals surface area (Å²) >= 11 is 0. The van der Waals surface area contributed by atoms with E-state index in [-0.39, 0.29) is 18.5 Å². The summed E-state index contributed by atoms with van der Waals surface area (Å²) in [6, 6.07) is -0.632. The molecule has 64 heavy (non-hydrogen) atoms. The molecule has 0 aliphatic rings. The van der Waals surface area contributed by atoms with E-state index in [1.165, 1.54) is 180 Å². The van der Waals surface area contributed by atoms with Gasteiger partial charge in [-0.05, 0) is 83.5 Å². The number of amides is 1. The van der Waals surface area contributed by atoms with Crippen molar-refractivity contribution in [2.75, 3.05) is 13.2 Å². The molecule has 0 aliphatic carbocycles. The predicted octanol–water partition coefficient (Wildman–Crippen LogP) is 16.8. The molecule has 372 valence electrons. The van der Waals surface area contributed by atoms with Gasteiger partial charge >= 0.3 is 5.97 Å². The van der Waals surface area contributed by atoms with Gasteiger partial charge in [-0.3, -0.25) is 9.59 Å². The maximum absolute atomic E-state index is 12.4. The minimum atomic E-state index is -0.847.